The van der Waals surface area contributed by atoms with E-state index in [2.05, 4.69) is 17.6 Å². The van der Waals surface area contributed by atoms with E-state index in [1.54, 1.807) is 0 Å². The van der Waals surface area contributed by atoms with Crippen molar-refractivity contribution >= 4 is 16.9 Å². The van der Waals surface area contributed by atoms with Gasteiger partial charge in [0.15, 0.2) is 0 Å². The highest BCUT2D eigenvalue weighted by atomic mass is 16.4. The summed E-state index contributed by atoms with van der Waals surface area (Å²) in [6.45, 7) is 3.09. The fourth-order valence-electron chi connectivity index (χ4n) is 3.69. The van der Waals surface area contributed by atoms with Crippen molar-refractivity contribution in [3.05, 3.63) is 35.5 Å². The molecule has 0 spiro atoms. The molecular formula is C18H23NO2. The first-order chi connectivity index (χ1) is 10.2. The van der Waals surface area contributed by atoms with Crippen LogP contribution in [0.3, 0.4) is 0 Å². The van der Waals surface area contributed by atoms with Crippen molar-refractivity contribution < 1.29 is 9.90 Å². The first kappa shape index (κ1) is 14.2. The van der Waals surface area contributed by atoms with Gasteiger partial charge in [-0.2, -0.15) is 0 Å². The first-order valence-corrected chi connectivity index (χ1v) is 8.04. The Kier molecular flexibility index (Phi) is 4.00. The van der Waals surface area contributed by atoms with E-state index in [4.69, 9.17) is 0 Å². The van der Waals surface area contributed by atoms with Crippen molar-refractivity contribution in [2.24, 2.45) is 5.92 Å². The summed E-state index contributed by atoms with van der Waals surface area (Å²) in [5.41, 5.74) is 2.81. The number of nitrogens with zero attached hydrogens (tertiary/aromatic N) is 1. The lowest BCUT2D eigenvalue weighted by Gasteiger charge is -2.22. The van der Waals surface area contributed by atoms with Crippen LogP contribution in [0.15, 0.2) is 24.4 Å². The summed E-state index contributed by atoms with van der Waals surface area (Å²) in [4.78, 5) is 11.5. The molecule has 21 heavy (non-hydrogen) atoms. The third-order valence-electron chi connectivity index (χ3n) is 4.77. The summed E-state index contributed by atoms with van der Waals surface area (Å²) < 4.78 is 2.20. The van der Waals surface area contributed by atoms with Gasteiger partial charge in [-0.25, -0.2) is 4.79 Å². The van der Waals surface area contributed by atoms with E-state index in [0.29, 0.717) is 11.5 Å². The van der Waals surface area contributed by atoms with E-state index < -0.39 is 5.97 Å². The number of carboxylic acids is 1. The highest BCUT2D eigenvalue weighted by Gasteiger charge is 2.19. The van der Waals surface area contributed by atoms with Crippen molar-refractivity contribution in [3.63, 3.8) is 0 Å². The van der Waals surface area contributed by atoms with Crippen LogP contribution in [-0.2, 0) is 13.0 Å². The van der Waals surface area contributed by atoms with Crippen LogP contribution >= 0.6 is 0 Å². The maximum Gasteiger partial charge on any atom is 0.337 e. The highest BCUT2D eigenvalue weighted by molar-refractivity contribution is 6.04. The summed E-state index contributed by atoms with van der Waals surface area (Å²) in [6.07, 6.45) is 9.31. The zero-order valence-corrected chi connectivity index (χ0v) is 12.6. The molecule has 1 aromatic carbocycles. The Hall–Kier alpha value is -1.77. The standard InChI is InChI=1S/C18H23NO2/c1-2-14-9-6-10-15-16(18(20)21)12-19(17(14)15)11-13-7-4-3-5-8-13/h6,9-10,12-13H,2-5,7-8,11H2,1H3,(H,20,21). The van der Waals surface area contributed by atoms with Crippen LogP contribution in [0.4, 0.5) is 0 Å². The van der Waals surface area contributed by atoms with Crippen molar-refractivity contribution in [2.45, 2.75) is 52.0 Å². The Morgan fingerprint density at radius 2 is 2.05 bits per heavy atom. The zero-order valence-electron chi connectivity index (χ0n) is 12.6. The van der Waals surface area contributed by atoms with Gasteiger partial charge in [-0.05, 0) is 30.7 Å². The molecule has 3 nitrogen and oxygen atoms in total. The minimum Gasteiger partial charge on any atom is -0.478 e. The molecule has 1 heterocycles. The van der Waals surface area contributed by atoms with Crippen LogP contribution in [0.25, 0.3) is 10.9 Å². The Morgan fingerprint density at radius 3 is 2.71 bits per heavy atom. The first-order valence-electron chi connectivity index (χ1n) is 8.04. The van der Waals surface area contributed by atoms with E-state index in [1.165, 1.54) is 37.7 Å². The van der Waals surface area contributed by atoms with E-state index >= 15 is 0 Å². The molecule has 112 valence electrons. The molecule has 1 N–H and O–H groups in total. The SMILES string of the molecule is CCc1cccc2c(C(=O)O)cn(CC3CCCCC3)c12. The second kappa shape index (κ2) is 5.92. The number of para-hydroxylation sites is 1. The highest BCUT2D eigenvalue weighted by Crippen LogP contribution is 2.30. The Morgan fingerprint density at radius 1 is 1.29 bits per heavy atom. The van der Waals surface area contributed by atoms with E-state index in [-0.39, 0.29) is 0 Å². The third-order valence-corrected chi connectivity index (χ3v) is 4.77. The minimum atomic E-state index is -0.823. The van der Waals surface area contributed by atoms with Crippen LogP contribution in [0.2, 0.25) is 0 Å². The number of hydrogen-bond donors (Lipinski definition) is 1. The third kappa shape index (κ3) is 2.69. The molecule has 1 aliphatic carbocycles. The molecule has 0 amide bonds. The van der Waals surface area contributed by atoms with E-state index in [1.807, 2.05) is 18.3 Å². The fraction of sp³-hybridized carbons (Fsp3) is 0.500. The number of aromatic nitrogens is 1. The Balaban J connectivity index is 2.05. The van der Waals surface area contributed by atoms with E-state index in [0.717, 1.165) is 23.9 Å². The number of fused-ring (bicyclic) bond motifs is 1. The summed E-state index contributed by atoms with van der Waals surface area (Å²) in [7, 11) is 0. The number of benzene rings is 1. The quantitative estimate of drug-likeness (QED) is 0.899. The van der Waals surface area contributed by atoms with Gasteiger partial charge >= 0.3 is 5.97 Å². The molecular weight excluding hydrogens is 262 g/mol. The minimum absolute atomic E-state index is 0.441. The number of aryl methyl sites for hydroxylation is 1. The second-order valence-electron chi connectivity index (χ2n) is 6.17. The van der Waals surface area contributed by atoms with Gasteiger partial charge in [0, 0.05) is 18.1 Å². The smallest absolute Gasteiger partial charge is 0.337 e. The predicted molar refractivity (Wildman–Crippen MR) is 84.9 cm³/mol. The molecule has 1 fully saturated rings. The molecule has 0 unspecified atom stereocenters. The predicted octanol–water partition coefficient (Wildman–Crippen LogP) is 4.48. The number of carbonyl (C=O) groups is 1. The summed E-state index contributed by atoms with van der Waals surface area (Å²) >= 11 is 0. The van der Waals surface area contributed by atoms with Crippen molar-refractivity contribution in [1.82, 2.24) is 4.57 Å². The number of carboxylic acid groups (broad SMARTS) is 1. The van der Waals surface area contributed by atoms with E-state index in [9.17, 15) is 9.90 Å². The summed E-state index contributed by atoms with van der Waals surface area (Å²) in [5, 5.41) is 10.3. The van der Waals surface area contributed by atoms with Crippen LogP contribution < -0.4 is 0 Å². The van der Waals surface area contributed by atoms with Gasteiger partial charge in [-0.1, -0.05) is 44.4 Å². The molecule has 0 radical (unpaired) electrons. The van der Waals surface area contributed by atoms with Gasteiger partial charge in [0.05, 0.1) is 11.1 Å². The van der Waals surface area contributed by atoms with Crippen LogP contribution in [0.1, 0.15) is 54.9 Å². The molecule has 0 bridgehead atoms. The topological polar surface area (TPSA) is 42.2 Å². The lowest BCUT2D eigenvalue weighted by Crippen LogP contribution is -2.14. The molecule has 2 aromatic rings. The lowest BCUT2D eigenvalue weighted by molar-refractivity contribution is 0.0698. The normalized spacial score (nSPS) is 16.4. The summed E-state index contributed by atoms with van der Waals surface area (Å²) in [6, 6.07) is 6.03. The molecule has 1 aromatic heterocycles. The maximum atomic E-state index is 11.5. The number of aromatic carboxylic acids is 1. The molecule has 0 aliphatic heterocycles. The Labute approximate surface area is 125 Å². The van der Waals surface area contributed by atoms with Crippen LogP contribution in [-0.4, -0.2) is 15.6 Å². The second-order valence-corrected chi connectivity index (χ2v) is 6.17. The van der Waals surface area contributed by atoms with Gasteiger partial charge in [0.1, 0.15) is 0 Å². The van der Waals surface area contributed by atoms with Crippen molar-refractivity contribution in [2.75, 3.05) is 0 Å². The maximum absolute atomic E-state index is 11.5. The van der Waals surface area contributed by atoms with Crippen LogP contribution in [0.5, 0.6) is 0 Å². The fourth-order valence-corrected chi connectivity index (χ4v) is 3.69. The van der Waals surface area contributed by atoms with Gasteiger partial charge in [-0.3, -0.25) is 0 Å². The largest absolute Gasteiger partial charge is 0.478 e. The number of rotatable bonds is 4. The average molecular weight is 285 g/mol. The van der Waals surface area contributed by atoms with Crippen LogP contribution in [0, 0.1) is 5.92 Å². The van der Waals surface area contributed by atoms with Gasteiger partial charge < -0.3 is 9.67 Å². The summed E-state index contributed by atoms with van der Waals surface area (Å²) in [5.74, 6) is -0.128. The van der Waals surface area contributed by atoms with Crippen molar-refractivity contribution in [1.29, 1.82) is 0 Å². The molecule has 3 rings (SSSR count). The molecule has 0 atom stereocenters. The number of hydrogen-bond acceptors (Lipinski definition) is 1. The molecule has 1 aliphatic rings. The zero-order chi connectivity index (χ0) is 14.8. The average Bonchev–Trinajstić information content (AvgIpc) is 2.87. The van der Waals surface area contributed by atoms with Gasteiger partial charge in [0.2, 0.25) is 0 Å². The lowest BCUT2D eigenvalue weighted by atomic mass is 9.89. The van der Waals surface area contributed by atoms with Gasteiger partial charge in [-0.15, -0.1) is 0 Å². The van der Waals surface area contributed by atoms with Gasteiger partial charge in [0.25, 0.3) is 0 Å². The molecule has 1 saturated carbocycles. The molecule has 0 saturated heterocycles. The molecule has 3 heteroatoms. The Bertz CT molecular complexity index is 651. The van der Waals surface area contributed by atoms with Crippen molar-refractivity contribution in [3.8, 4) is 0 Å². The monoisotopic (exact) mass is 285 g/mol.